The summed E-state index contributed by atoms with van der Waals surface area (Å²) in [4.78, 5) is 4.41. The van der Waals surface area contributed by atoms with Crippen molar-refractivity contribution in [2.24, 2.45) is 0 Å². The highest BCUT2D eigenvalue weighted by Gasteiger charge is 2.11. The highest BCUT2D eigenvalue weighted by molar-refractivity contribution is 6.30. The minimum Gasteiger partial charge on any atom is -0.618 e. The van der Waals surface area contributed by atoms with Crippen LogP contribution in [0.25, 0.3) is 22.8 Å². The summed E-state index contributed by atoms with van der Waals surface area (Å²) in [7, 11) is 0. The van der Waals surface area contributed by atoms with E-state index in [1.54, 1.807) is 48.5 Å². The third-order valence-corrected chi connectivity index (χ3v) is 4.22. The molecule has 27 heavy (non-hydrogen) atoms. The van der Waals surface area contributed by atoms with Crippen molar-refractivity contribution < 1.29 is 9.26 Å². The standard InChI is InChI=1S/C21H14ClN3O2/c22-18-10-6-15(7-11-18)14-25(26)19-12-8-17(9-13-19)21-23-20(24-27-21)16-4-2-1-3-5-16/h1-14H/b25-14-. The van der Waals surface area contributed by atoms with Gasteiger partial charge in [0.05, 0.1) is 0 Å². The van der Waals surface area contributed by atoms with Gasteiger partial charge in [-0.1, -0.05) is 47.1 Å². The average Bonchev–Trinajstić information content (AvgIpc) is 3.21. The summed E-state index contributed by atoms with van der Waals surface area (Å²) in [5.74, 6) is 0.927. The Kier molecular flexibility index (Phi) is 4.68. The van der Waals surface area contributed by atoms with Crippen molar-refractivity contribution in [1.29, 1.82) is 0 Å². The predicted octanol–water partition coefficient (Wildman–Crippen LogP) is 5.32. The topological polar surface area (TPSA) is 65.0 Å². The third-order valence-electron chi connectivity index (χ3n) is 3.96. The maximum absolute atomic E-state index is 12.3. The summed E-state index contributed by atoms with van der Waals surface area (Å²) in [6.45, 7) is 0. The Bertz CT molecular complexity index is 1070. The molecule has 0 aliphatic heterocycles. The van der Waals surface area contributed by atoms with Crippen LogP contribution in [-0.4, -0.2) is 21.1 Å². The lowest BCUT2D eigenvalue weighted by atomic mass is 10.2. The third kappa shape index (κ3) is 3.88. The van der Waals surface area contributed by atoms with Crippen LogP contribution in [0.1, 0.15) is 5.56 Å². The van der Waals surface area contributed by atoms with E-state index < -0.39 is 0 Å². The maximum atomic E-state index is 12.3. The van der Waals surface area contributed by atoms with E-state index in [1.165, 1.54) is 6.21 Å². The fourth-order valence-electron chi connectivity index (χ4n) is 2.55. The summed E-state index contributed by atoms with van der Waals surface area (Å²) >= 11 is 5.86. The molecule has 0 radical (unpaired) electrons. The summed E-state index contributed by atoms with van der Waals surface area (Å²) in [6, 6.07) is 23.6. The number of hydrogen-bond acceptors (Lipinski definition) is 4. The zero-order chi connectivity index (χ0) is 18.6. The predicted molar refractivity (Wildman–Crippen MR) is 105 cm³/mol. The molecule has 0 spiro atoms. The van der Waals surface area contributed by atoms with Gasteiger partial charge in [-0.25, -0.2) is 0 Å². The minimum atomic E-state index is 0.402. The molecule has 4 rings (SSSR count). The number of halogens is 1. The van der Waals surface area contributed by atoms with E-state index in [-0.39, 0.29) is 0 Å². The van der Waals surface area contributed by atoms with E-state index in [4.69, 9.17) is 16.1 Å². The fourth-order valence-corrected chi connectivity index (χ4v) is 2.68. The second-order valence-electron chi connectivity index (χ2n) is 5.84. The van der Waals surface area contributed by atoms with E-state index in [2.05, 4.69) is 10.1 Å². The zero-order valence-corrected chi connectivity index (χ0v) is 14.9. The van der Waals surface area contributed by atoms with Crippen molar-refractivity contribution in [3.8, 4) is 22.8 Å². The highest BCUT2D eigenvalue weighted by atomic mass is 35.5. The molecule has 0 aliphatic rings. The Morgan fingerprint density at radius 2 is 1.56 bits per heavy atom. The molecular formula is C21H14ClN3O2. The van der Waals surface area contributed by atoms with Crippen LogP contribution < -0.4 is 0 Å². The quantitative estimate of drug-likeness (QED) is 0.209. The Hall–Kier alpha value is -3.44. The van der Waals surface area contributed by atoms with E-state index in [0.717, 1.165) is 21.4 Å². The monoisotopic (exact) mass is 375 g/mol. The second kappa shape index (κ2) is 7.43. The lowest BCUT2D eigenvalue weighted by Gasteiger charge is -2.03. The molecule has 6 heteroatoms. The lowest BCUT2D eigenvalue weighted by molar-refractivity contribution is -0.354. The molecule has 5 nitrogen and oxygen atoms in total. The van der Waals surface area contributed by atoms with Gasteiger partial charge in [-0.2, -0.15) is 9.72 Å². The van der Waals surface area contributed by atoms with Crippen LogP contribution in [0, 0.1) is 5.21 Å². The number of rotatable bonds is 4. The van der Waals surface area contributed by atoms with Crippen LogP contribution in [0.4, 0.5) is 5.69 Å². The molecule has 4 aromatic rings. The Balaban J connectivity index is 1.55. The van der Waals surface area contributed by atoms with Crippen molar-refractivity contribution >= 4 is 23.5 Å². The Morgan fingerprint density at radius 3 is 2.26 bits per heavy atom. The van der Waals surface area contributed by atoms with E-state index in [1.807, 2.05) is 30.3 Å². The van der Waals surface area contributed by atoms with Gasteiger partial charge in [-0.3, -0.25) is 0 Å². The summed E-state index contributed by atoms with van der Waals surface area (Å²) in [5.41, 5.74) is 2.89. The van der Waals surface area contributed by atoms with Crippen molar-refractivity contribution in [3.63, 3.8) is 0 Å². The molecule has 3 aromatic carbocycles. The maximum Gasteiger partial charge on any atom is 0.258 e. The smallest absolute Gasteiger partial charge is 0.258 e. The Morgan fingerprint density at radius 1 is 0.852 bits per heavy atom. The Labute approximate surface area is 160 Å². The first kappa shape index (κ1) is 17.0. The molecule has 1 heterocycles. The number of hydrogen-bond donors (Lipinski definition) is 0. The van der Waals surface area contributed by atoms with Gasteiger partial charge in [-0.05, 0) is 36.4 Å². The molecule has 0 atom stereocenters. The molecule has 0 N–H and O–H groups in total. The normalized spacial score (nSPS) is 11.5. The van der Waals surface area contributed by atoms with Crippen molar-refractivity contribution in [1.82, 2.24) is 10.1 Å². The highest BCUT2D eigenvalue weighted by Crippen LogP contribution is 2.24. The zero-order valence-electron chi connectivity index (χ0n) is 14.1. The van der Waals surface area contributed by atoms with Gasteiger partial charge in [0, 0.05) is 33.8 Å². The van der Waals surface area contributed by atoms with Gasteiger partial charge in [0.1, 0.15) is 0 Å². The fraction of sp³-hybridized carbons (Fsp3) is 0. The van der Waals surface area contributed by atoms with Gasteiger partial charge < -0.3 is 9.73 Å². The van der Waals surface area contributed by atoms with Gasteiger partial charge in [0.25, 0.3) is 5.89 Å². The van der Waals surface area contributed by atoms with Crippen LogP contribution in [0.3, 0.4) is 0 Å². The number of aromatic nitrogens is 2. The molecule has 1 aromatic heterocycles. The summed E-state index contributed by atoms with van der Waals surface area (Å²) < 4.78 is 6.14. The summed E-state index contributed by atoms with van der Waals surface area (Å²) in [6.07, 6.45) is 1.49. The molecular weight excluding hydrogens is 362 g/mol. The first-order valence-corrected chi connectivity index (χ1v) is 8.63. The molecule has 0 fully saturated rings. The lowest BCUT2D eigenvalue weighted by Crippen LogP contribution is -1.98. The van der Waals surface area contributed by atoms with Gasteiger partial charge in [-0.15, -0.1) is 0 Å². The largest absolute Gasteiger partial charge is 0.618 e. The van der Waals surface area contributed by atoms with Crippen LogP contribution in [0.2, 0.25) is 5.02 Å². The SMILES string of the molecule is [O-]/[N+](=C\c1ccc(Cl)cc1)c1ccc(-c2nc(-c3ccccc3)no2)cc1. The molecule has 0 aliphatic carbocycles. The second-order valence-corrected chi connectivity index (χ2v) is 6.28. The average molecular weight is 376 g/mol. The minimum absolute atomic E-state index is 0.402. The van der Waals surface area contributed by atoms with Crippen LogP contribution in [0.15, 0.2) is 83.4 Å². The van der Waals surface area contributed by atoms with Gasteiger partial charge in [0.15, 0.2) is 6.21 Å². The van der Waals surface area contributed by atoms with E-state index in [0.29, 0.717) is 22.4 Å². The van der Waals surface area contributed by atoms with E-state index >= 15 is 0 Å². The number of benzene rings is 3. The van der Waals surface area contributed by atoms with Crippen LogP contribution in [0.5, 0.6) is 0 Å². The van der Waals surface area contributed by atoms with E-state index in [9.17, 15) is 5.21 Å². The van der Waals surface area contributed by atoms with Crippen molar-refractivity contribution in [2.75, 3.05) is 0 Å². The molecule has 0 bridgehead atoms. The van der Waals surface area contributed by atoms with Crippen LogP contribution >= 0.6 is 11.6 Å². The molecule has 0 saturated carbocycles. The molecule has 0 saturated heterocycles. The molecule has 132 valence electrons. The van der Waals surface area contributed by atoms with Crippen molar-refractivity contribution in [2.45, 2.75) is 0 Å². The first-order chi connectivity index (χ1) is 13.2. The molecule has 0 amide bonds. The van der Waals surface area contributed by atoms with Crippen molar-refractivity contribution in [3.05, 3.63) is 94.7 Å². The first-order valence-electron chi connectivity index (χ1n) is 8.25. The van der Waals surface area contributed by atoms with Gasteiger partial charge >= 0.3 is 0 Å². The van der Waals surface area contributed by atoms with Gasteiger partial charge in [0.2, 0.25) is 11.5 Å². The molecule has 0 unspecified atom stereocenters. The van der Waals surface area contributed by atoms with Crippen LogP contribution in [-0.2, 0) is 0 Å². The summed E-state index contributed by atoms with van der Waals surface area (Å²) in [5, 5.41) is 16.9. The number of nitrogens with zero attached hydrogens (tertiary/aromatic N) is 3.